The summed E-state index contributed by atoms with van der Waals surface area (Å²) in [5, 5.41) is 0.711. The van der Waals surface area contributed by atoms with Crippen molar-refractivity contribution >= 4 is 11.6 Å². The van der Waals surface area contributed by atoms with E-state index in [9.17, 15) is 0 Å². The molecule has 2 rings (SSSR count). The molecule has 16 heavy (non-hydrogen) atoms. The molecule has 0 radical (unpaired) electrons. The summed E-state index contributed by atoms with van der Waals surface area (Å²) in [6.45, 7) is 2.52. The lowest BCUT2D eigenvalue weighted by Gasteiger charge is -2.04. The molecule has 2 aromatic rings. The van der Waals surface area contributed by atoms with Crippen LogP contribution in [0.1, 0.15) is 6.92 Å². The number of benzene rings is 1. The van der Waals surface area contributed by atoms with Gasteiger partial charge in [-0.1, -0.05) is 23.7 Å². The van der Waals surface area contributed by atoms with Crippen molar-refractivity contribution in [2.75, 3.05) is 6.61 Å². The smallest absolute Gasteiger partial charge is 0.216 e. The highest BCUT2D eigenvalue weighted by Gasteiger charge is 2.02. The zero-order valence-corrected chi connectivity index (χ0v) is 9.61. The fourth-order valence-corrected chi connectivity index (χ4v) is 1.47. The monoisotopic (exact) mass is 234 g/mol. The molecule has 1 aromatic carbocycles. The molecule has 0 aliphatic rings. The molecule has 0 unspecified atom stereocenters. The zero-order valence-electron chi connectivity index (χ0n) is 8.85. The van der Waals surface area contributed by atoms with Crippen molar-refractivity contribution in [3.63, 3.8) is 0 Å². The summed E-state index contributed by atoms with van der Waals surface area (Å²) >= 11 is 5.82. The third-order valence-corrected chi connectivity index (χ3v) is 2.33. The summed E-state index contributed by atoms with van der Waals surface area (Å²) in [6.07, 6.45) is 1.49. The van der Waals surface area contributed by atoms with E-state index in [0.29, 0.717) is 17.5 Å². The summed E-state index contributed by atoms with van der Waals surface area (Å²) in [5.41, 5.74) is 1.82. The molecule has 0 saturated heterocycles. The van der Waals surface area contributed by atoms with Crippen LogP contribution in [0.4, 0.5) is 0 Å². The second kappa shape index (κ2) is 4.94. The largest absolute Gasteiger partial charge is 0.478 e. The van der Waals surface area contributed by atoms with E-state index in [0.717, 1.165) is 11.3 Å². The van der Waals surface area contributed by atoms with Gasteiger partial charge in [-0.15, -0.1) is 0 Å². The van der Waals surface area contributed by atoms with Gasteiger partial charge < -0.3 is 4.74 Å². The first-order valence-electron chi connectivity index (χ1n) is 5.00. The zero-order chi connectivity index (χ0) is 11.4. The van der Waals surface area contributed by atoms with Crippen molar-refractivity contribution < 1.29 is 4.74 Å². The van der Waals surface area contributed by atoms with Crippen LogP contribution in [0.3, 0.4) is 0 Å². The maximum atomic E-state index is 5.82. The SMILES string of the molecule is CCOc1cc(-c2ccc(Cl)cc2)ncn1. The van der Waals surface area contributed by atoms with Gasteiger partial charge in [0.1, 0.15) is 6.33 Å². The minimum Gasteiger partial charge on any atom is -0.478 e. The molecule has 0 spiro atoms. The van der Waals surface area contributed by atoms with Gasteiger partial charge in [0.2, 0.25) is 5.88 Å². The Hall–Kier alpha value is -1.61. The van der Waals surface area contributed by atoms with E-state index in [2.05, 4.69) is 9.97 Å². The highest BCUT2D eigenvalue weighted by atomic mass is 35.5. The number of nitrogens with zero attached hydrogens (tertiary/aromatic N) is 2. The fourth-order valence-electron chi connectivity index (χ4n) is 1.34. The maximum absolute atomic E-state index is 5.82. The highest BCUT2D eigenvalue weighted by Crippen LogP contribution is 2.21. The Morgan fingerprint density at radius 1 is 1.19 bits per heavy atom. The number of rotatable bonds is 3. The van der Waals surface area contributed by atoms with Crippen LogP contribution in [-0.2, 0) is 0 Å². The van der Waals surface area contributed by atoms with Crippen molar-refractivity contribution in [1.82, 2.24) is 9.97 Å². The van der Waals surface area contributed by atoms with Crippen LogP contribution < -0.4 is 4.74 Å². The first-order valence-corrected chi connectivity index (χ1v) is 5.38. The quantitative estimate of drug-likeness (QED) is 0.818. The molecule has 0 aliphatic heterocycles. The Morgan fingerprint density at radius 2 is 1.94 bits per heavy atom. The molecule has 0 aliphatic carbocycles. The molecule has 82 valence electrons. The number of hydrogen-bond donors (Lipinski definition) is 0. The summed E-state index contributed by atoms with van der Waals surface area (Å²) in [5.74, 6) is 0.586. The standard InChI is InChI=1S/C12H11ClN2O/c1-2-16-12-7-11(14-8-15-12)9-3-5-10(13)6-4-9/h3-8H,2H2,1H3. The van der Waals surface area contributed by atoms with Crippen molar-refractivity contribution in [3.8, 4) is 17.1 Å². The van der Waals surface area contributed by atoms with Crippen LogP contribution in [0.15, 0.2) is 36.7 Å². The topological polar surface area (TPSA) is 35.0 Å². The van der Waals surface area contributed by atoms with E-state index in [1.165, 1.54) is 6.33 Å². The van der Waals surface area contributed by atoms with Crippen molar-refractivity contribution in [2.24, 2.45) is 0 Å². The molecule has 1 heterocycles. The molecular weight excluding hydrogens is 224 g/mol. The van der Waals surface area contributed by atoms with Gasteiger partial charge in [-0.25, -0.2) is 9.97 Å². The third-order valence-electron chi connectivity index (χ3n) is 2.07. The van der Waals surface area contributed by atoms with Crippen LogP contribution >= 0.6 is 11.6 Å². The molecule has 0 bridgehead atoms. The van der Waals surface area contributed by atoms with Gasteiger partial charge in [0, 0.05) is 16.7 Å². The van der Waals surface area contributed by atoms with Crippen molar-refractivity contribution in [2.45, 2.75) is 6.92 Å². The van der Waals surface area contributed by atoms with E-state index in [4.69, 9.17) is 16.3 Å². The average molecular weight is 235 g/mol. The first-order chi connectivity index (χ1) is 7.79. The normalized spacial score (nSPS) is 10.1. The van der Waals surface area contributed by atoms with Crippen LogP contribution in [-0.4, -0.2) is 16.6 Å². The number of ether oxygens (including phenoxy) is 1. The average Bonchev–Trinajstić information content (AvgIpc) is 2.31. The second-order valence-corrected chi connectivity index (χ2v) is 3.62. The first kappa shape index (κ1) is 10.9. The molecular formula is C12H11ClN2O. The lowest BCUT2D eigenvalue weighted by molar-refractivity contribution is 0.326. The predicted octanol–water partition coefficient (Wildman–Crippen LogP) is 3.20. The highest BCUT2D eigenvalue weighted by molar-refractivity contribution is 6.30. The lowest BCUT2D eigenvalue weighted by Crippen LogP contribution is -1.95. The lowest BCUT2D eigenvalue weighted by atomic mass is 10.1. The van der Waals surface area contributed by atoms with Crippen molar-refractivity contribution in [1.29, 1.82) is 0 Å². The second-order valence-electron chi connectivity index (χ2n) is 3.18. The minimum atomic E-state index is 0.586. The Kier molecular flexibility index (Phi) is 3.37. The summed E-state index contributed by atoms with van der Waals surface area (Å²) < 4.78 is 5.31. The fraction of sp³-hybridized carbons (Fsp3) is 0.167. The summed E-state index contributed by atoms with van der Waals surface area (Å²) in [6, 6.07) is 9.31. The maximum Gasteiger partial charge on any atom is 0.216 e. The minimum absolute atomic E-state index is 0.586. The Labute approximate surface area is 99.1 Å². The van der Waals surface area contributed by atoms with E-state index in [-0.39, 0.29) is 0 Å². The van der Waals surface area contributed by atoms with E-state index >= 15 is 0 Å². The molecule has 0 N–H and O–H groups in total. The van der Waals surface area contributed by atoms with Gasteiger partial charge >= 0.3 is 0 Å². The number of aromatic nitrogens is 2. The molecule has 3 nitrogen and oxygen atoms in total. The van der Waals surface area contributed by atoms with Gasteiger partial charge in [0.05, 0.1) is 12.3 Å². The van der Waals surface area contributed by atoms with E-state index < -0.39 is 0 Å². The van der Waals surface area contributed by atoms with Crippen LogP contribution in [0.5, 0.6) is 5.88 Å². The number of hydrogen-bond acceptors (Lipinski definition) is 3. The van der Waals surface area contributed by atoms with Crippen LogP contribution in [0, 0.1) is 0 Å². The van der Waals surface area contributed by atoms with E-state index in [1.54, 1.807) is 0 Å². The van der Waals surface area contributed by atoms with Gasteiger partial charge in [0.25, 0.3) is 0 Å². The van der Waals surface area contributed by atoms with Crippen molar-refractivity contribution in [3.05, 3.63) is 41.7 Å². The third kappa shape index (κ3) is 2.49. The van der Waals surface area contributed by atoms with Gasteiger partial charge in [-0.2, -0.15) is 0 Å². The molecule has 0 fully saturated rings. The van der Waals surface area contributed by atoms with Gasteiger partial charge in [-0.05, 0) is 19.1 Å². The predicted molar refractivity (Wildman–Crippen MR) is 63.6 cm³/mol. The number of halogens is 1. The van der Waals surface area contributed by atoms with Crippen LogP contribution in [0.25, 0.3) is 11.3 Å². The Bertz CT molecular complexity index is 471. The van der Waals surface area contributed by atoms with Crippen LogP contribution in [0.2, 0.25) is 5.02 Å². The molecule has 4 heteroatoms. The summed E-state index contributed by atoms with van der Waals surface area (Å²) in [4.78, 5) is 8.20. The van der Waals surface area contributed by atoms with Gasteiger partial charge in [-0.3, -0.25) is 0 Å². The summed E-state index contributed by atoms with van der Waals surface area (Å²) in [7, 11) is 0. The van der Waals surface area contributed by atoms with E-state index in [1.807, 2.05) is 37.3 Å². The molecule has 0 amide bonds. The molecule has 0 saturated carbocycles. The molecule has 1 aromatic heterocycles. The van der Waals surface area contributed by atoms with Gasteiger partial charge in [0.15, 0.2) is 0 Å². The molecule has 0 atom stereocenters. The Morgan fingerprint density at radius 3 is 2.62 bits per heavy atom. The Balaban J connectivity index is 2.32.